The van der Waals surface area contributed by atoms with E-state index in [2.05, 4.69) is 24.9 Å². The zero-order chi connectivity index (χ0) is 11.4. The maximum atomic E-state index is 5.88. The minimum atomic E-state index is 0.432. The zero-order valence-corrected chi connectivity index (χ0v) is 9.49. The van der Waals surface area contributed by atoms with Gasteiger partial charge in [-0.2, -0.15) is 0 Å². The molecule has 0 saturated carbocycles. The Balaban J connectivity index is 3.24. The normalized spacial score (nSPS) is 23.6. The van der Waals surface area contributed by atoms with Crippen LogP contribution < -0.4 is 5.73 Å². The van der Waals surface area contributed by atoms with Gasteiger partial charge in [-0.15, -0.1) is 0 Å². The maximum absolute atomic E-state index is 5.88. The van der Waals surface area contributed by atoms with E-state index in [1.54, 1.807) is 11.1 Å². The number of hydrogen-bond donors (Lipinski definition) is 1. The molecular weight excluding hydrogens is 186 g/mol. The van der Waals surface area contributed by atoms with Crippen molar-refractivity contribution in [1.82, 2.24) is 4.90 Å². The van der Waals surface area contributed by atoms with Crippen molar-refractivity contribution in [2.45, 2.75) is 20.3 Å². The molecular formula is C12H17N3. The molecule has 1 aliphatic heterocycles. The van der Waals surface area contributed by atoms with E-state index in [0.29, 0.717) is 11.8 Å². The highest BCUT2D eigenvalue weighted by Crippen LogP contribution is 2.22. The quantitative estimate of drug-likeness (QED) is 0.520. The van der Waals surface area contributed by atoms with E-state index in [9.17, 15) is 0 Å². The molecule has 1 rings (SSSR count). The van der Waals surface area contributed by atoms with Crippen molar-refractivity contribution in [3.8, 4) is 12.5 Å². The van der Waals surface area contributed by atoms with Crippen LogP contribution in [0.5, 0.6) is 0 Å². The van der Waals surface area contributed by atoms with Crippen LogP contribution in [0, 0.1) is 18.4 Å². The Labute approximate surface area is 91.4 Å². The number of allylic oxidation sites excluding steroid dienone is 2. The van der Waals surface area contributed by atoms with Gasteiger partial charge in [0, 0.05) is 19.3 Å². The monoisotopic (exact) mass is 203 g/mol. The van der Waals surface area contributed by atoms with E-state index in [0.717, 1.165) is 12.1 Å². The maximum Gasteiger partial charge on any atom is 0.147 e. The Bertz CT molecular complexity index is 369. The Hall–Kier alpha value is -1.69. The summed E-state index contributed by atoms with van der Waals surface area (Å²) < 4.78 is 0. The summed E-state index contributed by atoms with van der Waals surface area (Å²) in [4.78, 5) is 5.82. The molecule has 0 aromatic heterocycles. The van der Waals surface area contributed by atoms with Crippen LogP contribution in [-0.2, 0) is 0 Å². The topological polar surface area (TPSA) is 41.6 Å². The number of aliphatic imine (C=N–C) groups is 1. The predicted octanol–water partition coefficient (Wildman–Crippen LogP) is 1.69. The molecule has 0 bridgehead atoms. The van der Waals surface area contributed by atoms with Crippen LogP contribution in [0.15, 0.2) is 28.5 Å². The van der Waals surface area contributed by atoms with Crippen LogP contribution >= 0.6 is 0 Å². The molecule has 2 N–H and O–H groups in total. The third-order valence-electron chi connectivity index (χ3n) is 2.69. The molecule has 0 aromatic carbocycles. The van der Waals surface area contributed by atoms with Crippen molar-refractivity contribution in [3.63, 3.8) is 0 Å². The zero-order valence-electron chi connectivity index (χ0n) is 9.49. The minimum absolute atomic E-state index is 0.432. The smallest absolute Gasteiger partial charge is 0.147 e. The van der Waals surface area contributed by atoms with Gasteiger partial charge in [-0.1, -0.05) is 19.4 Å². The average Bonchev–Trinajstić information content (AvgIpc) is 2.22. The van der Waals surface area contributed by atoms with Crippen LogP contribution in [0.4, 0.5) is 0 Å². The molecule has 1 aliphatic rings. The largest absolute Gasteiger partial charge is 0.382 e. The van der Waals surface area contributed by atoms with E-state index < -0.39 is 0 Å². The van der Waals surface area contributed by atoms with E-state index in [-0.39, 0.29) is 0 Å². The van der Waals surface area contributed by atoms with Gasteiger partial charge in [-0.05, 0) is 24.8 Å². The lowest BCUT2D eigenvalue weighted by Gasteiger charge is -2.22. The van der Waals surface area contributed by atoms with Gasteiger partial charge in [0.05, 0.1) is 5.70 Å². The van der Waals surface area contributed by atoms with Gasteiger partial charge in [0.1, 0.15) is 5.84 Å². The fourth-order valence-electron chi connectivity index (χ4n) is 1.57. The summed E-state index contributed by atoms with van der Waals surface area (Å²) >= 11 is 0. The molecule has 80 valence electrons. The fraction of sp³-hybridized carbons (Fsp3) is 0.417. The standard InChI is InChI=1S/C12H17N3/c1-5-15(4)11-10(3)9(2)7-6-8-14-12(11)13/h1,6,8-9H,7H2,2-4H3,(H2,13,14)/b8-6+,11-10?. The van der Waals surface area contributed by atoms with Gasteiger partial charge in [-0.3, -0.25) is 0 Å². The van der Waals surface area contributed by atoms with Crippen molar-refractivity contribution < 1.29 is 0 Å². The van der Waals surface area contributed by atoms with Crippen LogP contribution in [0.25, 0.3) is 0 Å². The average molecular weight is 203 g/mol. The summed E-state index contributed by atoms with van der Waals surface area (Å²) in [6.07, 6.45) is 10.1. The lowest BCUT2D eigenvalue weighted by molar-refractivity contribution is 0.587. The van der Waals surface area contributed by atoms with Gasteiger partial charge in [0.15, 0.2) is 0 Å². The summed E-state index contributed by atoms with van der Waals surface area (Å²) in [6.45, 7) is 4.21. The van der Waals surface area contributed by atoms with Crippen LogP contribution in [0.1, 0.15) is 20.3 Å². The predicted molar refractivity (Wildman–Crippen MR) is 63.8 cm³/mol. The van der Waals surface area contributed by atoms with Crippen molar-refractivity contribution in [1.29, 1.82) is 0 Å². The molecule has 0 fully saturated rings. The summed E-state index contributed by atoms with van der Waals surface area (Å²) in [6, 6.07) is 2.55. The Kier molecular flexibility index (Phi) is 3.56. The fourth-order valence-corrected chi connectivity index (χ4v) is 1.57. The molecule has 0 radical (unpaired) electrons. The Morgan fingerprint density at radius 1 is 1.67 bits per heavy atom. The number of amidine groups is 1. The molecule has 1 atom stereocenters. The Morgan fingerprint density at radius 3 is 2.93 bits per heavy atom. The first kappa shape index (κ1) is 11.4. The molecule has 0 saturated heterocycles. The number of hydrogen-bond acceptors (Lipinski definition) is 3. The van der Waals surface area contributed by atoms with Gasteiger partial charge >= 0.3 is 0 Å². The molecule has 1 unspecified atom stereocenters. The van der Waals surface area contributed by atoms with Crippen LogP contribution in [0.2, 0.25) is 0 Å². The molecule has 0 aromatic rings. The van der Waals surface area contributed by atoms with Gasteiger partial charge in [-0.25, -0.2) is 4.99 Å². The third kappa shape index (κ3) is 2.41. The van der Waals surface area contributed by atoms with Gasteiger partial charge in [0.25, 0.3) is 0 Å². The van der Waals surface area contributed by atoms with E-state index in [4.69, 9.17) is 12.2 Å². The van der Waals surface area contributed by atoms with Crippen molar-refractivity contribution >= 4 is 5.84 Å². The van der Waals surface area contributed by atoms with E-state index in [1.807, 2.05) is 13.1 Å². The van der Waals surface area contributed by atoms with Gasteiger partial charge < -0.3 is 10.6 Å². The van der Waals surface area contributed by atoms with E-state index >= 15 is 0 Å². The lowest BCUT2D eigenvalue weighted by atomic mass is 9.95. The molecule has 1 heterocycles. The number of nitrogens with two attached hydrogens (primary N) is 1. The first-order chi connectivity index (χ1) is 7.07. The summed E-state index contributed by atoms with van der Waals surface area (Å²) in [7, 11) is 1.82. The van der Waals surface area contributed by atoms with Crippen molar-refractivity contribution in [2.24, 2.45) is 16.6 Å². The second-order valence-corrected chi connectivity index (χ2v) is 3.76. The molecule has 15 heavy (non-hydrogen) atoms. The molecule has 3 nitrogen and oxygen atoms in total. The summed E-state index contributed by atoms with van der Waals surface area (Å²) in [5.41, 5.74) is 7.92. The van der Waals surface area contributed by atoms with E-state index in [1.165, 1.54) is 5.57 Å². The lowest BCUT2D eigenvalue weighted by Crippen LogP contribution is -2.28. The second kappa shape index (κ2) is 4.70. The van der Waals surface area contributed by atoms with Crippen LogP contribution in [-0.4, -0.2) is 17.8 Å². The Morgan fingerprint density at radius 2 is 2.33 bits per heavy atom. The number of nitrogens with zero attached hydrogens (tertiary/aromatic N) is 2. The molecule has 0 aliphatic carbocycles. The number of terminal acetylenes is 1. The minimum Gasteiger partial charge on any atom is -0.382 e. The first-order valence-corrected chi connectivity index (χ1v) is 4.97. The highest BCUT2D eigenvalue weighted by atomic mass is 15.1. The van der Waals surface area contributed by atoms with Gasteiger partial charge in [0.2, 0.25) is 0 Å². The number of likely N-dealkylation sites (N-methyl/N-ethyl adjacent to an activating group) is 1. The second-order valence-electron chi connectivity index (χ2n) is 3.76. The molecule has 0 amide bonds. The van der Waals surface area contributed by atoms with Crippen LogP contribution in [0.3, 0.4) is 0 Å². The van der Waals surface area contributed by atoms with Crippen molar-refractivity contribution in [3.05, 3.63) is 23.5 Å². The summed E-state index contributed by atoms with van der Waals surface area (Å²) in [5.74, 6) is 0.914. The summed E-state index contributed by atoms with van der Waals surface area (Å²) in [5, 5.41) is 0. The SMILES string of the molecule is C#CN(C)C1=C(C)C(C)C/C=C/N=C1N. The highest BCUT2D eigenvalue weighted by Gasteiger charge is 2.16. The number of rotatable bonds is 1. The molecule has 3 heteroatoms. The molecule has 0 spiro atoms. The highest BCUT2D eigenvalue weighted by molar-refractivity contribution is 5.97. The first-order valence-electron chi connectivity index (χ1n) is 4.97. The third-order valence-corrected chi connectivity index (χ3v) is 2.69. The van der Waals surface area contributed by atoms with Crippen molar-refractivity contribution in [2.75, 3.05) is 7.05 Å².